The smallest absolute Gasteiger partial charge is 0.231 e. The summed E-state index contributed by atoms with van der Waals surface area (Å²) in [5.74, 6) is 1.61. The molecular formula is C12H17NO3. The first-order valence-electron chi connectivity index (χ1n) is 5.51. The first kappa shape index (κ1) is 11.2. The molecule has 0 aromatic heterocycles. The predicted octanol–water partition coefficient (Wildman–Crippen LogP) is 1.71. The van der Waals surface area contributed by atoms with Crippen molar-refractivity contribution in [3.8, 4) is 11.5 Å². The molecule has 2 rings (SSSR count). The summed E-state index contributed by atoms with van der Waals surface area (Å²) in [5.41, 5.74) is 1.11. The van der Waals surface area contributed by atoms with Crippen LogP contribution in [0.5, 0.6) is 11.5 Å². The number of hydrogen-bond donors (Lipinski definition) is 1. The van der Waals surface area contributed by atoms with E-state index in [2.05, 4.69) is 5.32 Å². The summed E-state index contributed by atoms with van der Waals surface area (Å²) in [4.78, 5) is 0. The molecule has 0 fully saturated rings. The van der Waals surface area contributed by atoms with Crippen molar-refractivity contribution in [1.82, 2.24) is 5.32 Å². The van der Waals surface area contributed by atoms with Gasteiger partial charge in [0, 0.05) is 13.2 Å². The Morgan fingerprint density at radius 1 is 1.38 bits per heavy atom. The molecule has 1 atom stereocenters. The number of benzene rings is 1. The molecule has 1 aromatic carbocycles. The van der Waals surface area contributed by atoms with E-state index < -0.39 is 0 Å². The Labute approximate surface area is 95.5 Å². The van der Waals surface area contributed by atoms with E-state index in [1.165, 1.54) is 0 Å². The molecule has 1 aliphatic rings. The fourth-order valence-corrected chi connectivity index (χ4v) is 1.77. The lowest BCUT2D eigenvalue weighted by molar-refractivity contribution is 0.0636. The lowest BCUT2D eigenvalue weighted by Gasteiger charge is -2.17. The van der Waals surface area contributed by atoms with Crippen LogP contribution in [0, 0.1) is 0 Å². The number of rotatable bonds is 5. The maximum atomic E-state index is 5.67. The summed E-state index contributed by atoms with van der Waals surface area (Å²) in [6.07, 6.45) is 0.0597. The zero-order valence-corrected chi connectivity index (χ0v) is 9.66. The lowest BCUT2D eigenvalue weighted by atomic mass is 10.1. The lowest BCUT2D eigenvalue weighted by Crippen LogP contribution is -2.19. The summed E-state index contributed by atoms with van der Waals surface area (Å²) in [7, 11) is 1.92. The van der Waals surface area contributed by atoms with Gasteiger partial charge < -0.3 is 19.5 Å². The first-order valence-corrected chi connectivity index (χ1v) is 5.51. The third-order valence-corrected chi connectivity index (χ3v) is 2.53. The van der Waals surface area contributed by atoms with Gasteiger partial charge in [0.1, 0.15) is 0 Å². The minimum atomic E-state index is 0.0597. The van der Waals surface area contributed by atoms with E-state index in [1.54, 1.807) is 0 Å². The van der Waals surface area contributed by atoms with Crippen LogP contribution in [0.4, 0.5) is 0 Å². The predicted molar refractivity (Wildman–Crippen MR) is 60.9 cm³/mol. The van der Waals surface area contributed by atoms with E-state index >= 15 is 0 Å². The van der Waals surface area contributed by atoms with Gasteiger partial charge in [-0.15, -0.1) is 0 Å². The van der Waals surface area contributed by atoms with E-state index in [-0.39, 0.29) is 6.10 Å². The van der Waals surface area contributed by atoms with Crippen molar-refractivity contribution in [2.24, 2.45) is 0 Å². The normalized spacial score (nSPS) is 15.1. The van der Waals surface area contributed by atoms with E-state index in [9.17, 15) is 0 Å². The van der Waals surface area contributed by atoms with Crippen LogP contribution in [-0.2, 0) is 4.74 Å². The Kier molecular flexibility index (Phi) is 3.64. The van der Waals surface area contributed by atoms with Crippen LogP contribution in [0.25, 0.3) is 0 Å². The molecule has 0 spiro atoms. The van der Waals surface area contributed by atoms with Crippen molar-refractivity contribution < 1.29 is 14.2 Å². The number of fused-ring (bicyclic) bond motifs is 1. The average molecular weight is 223 g/mol. The Balaban J connectivity index is 2.17. The standard InChI is InChI=1S/C12H17NO3/c1-3-14-12(7-13-2)9-4-5-10-11(6-9)16-8-15-10/h4-6,12-13H,3,7-8H2,1-2H3/t12-/m0/s1. The van der Waals surface area contributed by atoms with Crippen molar-refractivity contribution in [1.29, 1.82) is 0 Å². The van der Waals surface area contributed by atoms with Gasteiger partial charge in [-0.25, -0.2) is 0 Å². The Morgan fingerprint density at radius 2 is 2.19 bits per heavy atom. The number of hydrogen-bond acceptors (Lipinski definition) is 4. The van der Waals surface area contributed by atoms with Crippen LogP contribution in [-0.4, -0.2) is 27.0 Å². The van der Waals surface area contributed by atoms with Gasteiger partial charge in [0.15, 0.2) is 11.5 Å². The van der Waals surface area contributed by atoms with Crippen LogP contribution in [0.2, 0.25) is 0 Å². The second-order valence-electron chi connectivity index (χ2n) is 3.61. The van der Waals surface area contributed by atoms with Crippen LogP contribution >= 0.6 is 0 Å². The second-order valence-corrected chi connectivity index (χ2v) is 3.61. The molecule has 0 amide bonds. The van der Waals surface area contributed by atoms with Gasteiger partial charge in [0.25, 0.3) is 0 Å². The molecule has 88 valence electrons. The molecular weight excluding hydrogens is 206 g/mol. The molecule has 1 N–H and O–H groups in total. The fourth-order valence-electron chi connectivity index (χ4n) is 1.77. The van der Waals surface area contributed by atoms with Crippen molar-refractivity contribution in [2.45, 2.75) is 13.0 Å². The molecule has 1 aromatic rings. The van der Waals surface area contributed by atoms with Crippen LogP contribution in [0.1, 0.15) is 18.6 Å². The van der Waals surface area contributed by atoms with Crippen molar-refractivity contribution in [2.75, 3.05) is 27.0 Å². The Morgan fingerprint density at radius 3 is 2.94 bits per heavy atom. The summed E-state index contributed by atoms with van der Waals surface area (Å²) < 4.78 is 16.3. The highest BCUT2D eigenvalue weighted by Gasteiger charge is 2.17. The summed E-state index contributed by atoms with van der Waals surface area (Å²) >= 11 is 0. The molecule has 0 saturated heterocycles. The number of nitrogens with one attached hydrogen (secondary N) is 1. The molecule has 1 aliphatic heterocycles. The van der Waals surface area contributed by atoms with Gasteiger partial charge in [0.2, 0.25) is 6.79 Å². The van der Waals surface area contributed by atoms with Gasteiger partial charge in [0.05, 0.1) is 6.10 Å². The molecule has 0 aliphatic carbocycles. The van der Waals surface area contributed by atoms with Crippen molar-refractivity contribution >= 4 is 0 Å². The van der Waals surface area contributed by atoms with Crippen LogP contribution < -0.4 is 14.8 Å². The molecule has 0 unspecified atom stereocenters. The number of likely N-dealkylation sites (N-methyl/N-ethyl adjacent to an activating group) is 1. The fraction of sp³-hybridized carbons (Fsp3) is 0.500. The molecule has 1 heterocycles. The van der Waals surface area contributed by atoms with Gasteiger partial charge in [-0.1, -0.05) is 6.07 Å². The monoisotopic (exact) mass is 223 g/mol. The third-order valence-electron chi connectivity index (χ3n) is 2.53. The summed E-state index contributed by atoms with van der Waals surface area (Å²) in [5, 5.41) is 3.12. The topological polar surface area (TPSA) is 39.7 Å². The SMILES string of the molecule is CCO[C@@H](CNC)c1ccc2c(c1)OCO2. The van der Waals surface area contributed by atoms with E-state index in [0.717, 1.165) is 23.6 Å². The minimum absolute atomic E-state index is 0.0597. The number of ether oxygens (including phenoxy) is 3. The highest BCUT2D eigenvalue weighted by molar-refractivity contribution is 5.45. The van der Waals surface area contributed by atoms with Gasteiger partial charge in [-0.05, 0) is 31.7 Å². The molecule has 4 nitrogen and oxygen atoms in total. The first-order chi connectivity index (χ1) is 7.85. The maximum absolute atomic E-state index is 5.67. The maximum Gasteiger partial charge on any atom is 0.231 e. The zero-order chi connectivity index (χ0) is 11.4. The van der Waals surface area contributed by atoms with Crippen molar-refractivity contribution in [3.63, 3.8) is 0 Å². The summed E-state index contributed by atoms with van der Waals surface area (Å²) in [6.45, 7) is 3.79. The highest BCUT2D eigenvalue weighted by atomic mass is 16.7. The molecule has 0 saturated carbocycles. The quantitative estimate of drug-likeness (QED) is 0.825. The Bertz CT molecular complexity index is 348. The highest BCUT2D eigenvalue weighted by Crippen LogP contribution is 2.34. The zero-order valence-electron chi connectivity index (χ0n) is 9.66. The summed E-state index contributed by atoms with van der Waals surface area (Å²) in [6, 6.07) is 5.94. The Hall–Kier alpha value is -1.26. The van der Waals surface area contributed by atoms with E-state index in [0.29, 0.717) is 13.4 Å². The van der Waals surface area contributed by atoms with Gasteiger partial charge in [-0.3, -0.25) is 0 Å². The molecule has 0 radical (unpaired) electrons. The minimum Gasteiger partial charge on any atom is -0.454 e. The van der Waals surface area contributed by atoms with Crippen molar-refractivity contribution in [3.05, 3.63) is 23.8 Å². The van der Waals surface area contributed by atoms with Gasteiger partial charge in [-0.2, -0.15) is 0 Å². The third kappa shape index (κ3) is 2.28. The van der Waals surface area contributed by atoms with Crippen LogP contribution in [0.3, 0.4) is 0 Å². The van der Waals surface area contributed by atoms with E-state index in [4.69, 9.17) is 14.2 Å². The second kappa shape index (κ2) is 5.18. The molecule has 4 heteroatoms. The average Bonchev–Trinajstić information content (AvgIpc) is 2.75. The van der Waals surface area contributed by atoms with Gasteiger partial charge >= 0.3 is 0 Å². The molecule has 16 heavy (non-hydrogen) atoms. The largest absolute Gasteiger partial charge is 0.454 e. The molecule has 0 bridgehead atoms. The van der Waals surface area contributed by atoms with Crippen LogP contribution in [0.15, 0.2) is 18.2 Å². The van der Waals surface area contributed by atoms with E-state index in [1.807, 2.05) is 32.2 Å².